The second-order valence-electron chi connectivity index (χ2n) is 3.87. The summed E-state index contributed by atoms with van der Waals surface area (Å²) in [5.74, 6) is 0.219. The van der Waals surface area contributed by atoms with Crippen molar-refractivity contribution < 1.29 is 9.90 Å². The Hall–Kier alpha value is -0.410. The lowest BCUT2D eigenvalue weighted by molar-refractivity contribution is -0.118. The van der Waals surface area contributed by atoms with E-state index in [1.165, 1.54) is 0 Å². The summed E-state index contributed by atoms with van der Waals surface area (Å²) in [5.41, 5.74) is 0. The average molecular weight is 187 g/mol. The topological polar surface area (TPSA) is 40.5 Å². The molecular weight excluding hydrogens is 166 g/mol. The quantitative estimate of drug-likeness (QED) is 0.676. The van der Waals surface area contributed by atoms with Gasteiger partial charge in [-0.05, 0) is 34.2 Å². The maximum absolute atomic E-state index is 10.8. The van der Waals surface area contributed by atoms with Gasteiger partial charge in [-0.15, -0.1) is 0 Å². The van der Waals surface area contributed by atoms with E-state index >= 15 is 0 Å². The van der Waals surface area contributed by atoms with Gasteiger partial charge in [0.05, 0.1) is 6.10 Å². The summed E-state index contributed by atoms with van der Waals surface area (Å²) in [6.07, 6.45) is 1.10. The number of carbonyl (C=O) groups is 1. The zero-order valence-electron chi connectivity index (χ0n) is 9.08. The molecule has 3 heteroatoms. The van der Waals surface area contributed by atoms with Gasteiger partial charge >= 0.3 is 0 Å². The number of nitrogens with zero attached hydrogens (tertiary/aromatic N) is 1. The molecular formula is C10H21NO2. The third-order valence-electron chi connectivity index (χ3n) is 2.23. The highest BCUT2D eigenvalue weighted by Crippen LogP contribution is 2.03. The summed E-state index contributed by atoms with van der Waals surface area (Å²) in [5, 5.41) is 9.07. The normalized spacial score (nSPS) is 15.8. The summed E-state index contributed by atoms with van der Waals surface area (Å²) < 4.78 is 0. The minimum Gasteiger partial charge on any atom is -0.393 e. The molecule has 0 saturated carbocycles. The van der Waals surface area contributed by atoms with E-state index in [2.05, 4.69) is 4.90 Å². The maximum atomic E-state index is 10.8. The molecule has 78 valence electrons. The summed E-state index contributed by atoms with van der Waals surface area (Å²) in [4.78, 5) is 12.9. The predicted octanol–water partition coefficient (Wildman–Crippen LogP) is 1.06. The summed E-state index contributed by atoms with van der Waals surface area (Å²) in [6, 6.07) is 0.274. The molecule has 13 heavy (non-hydrogen) atoms. The highest BCUT2D eigenvalue weighted by Gasteiger charge is 2.11. The number of carbonyl (C=O) groups excluding carboxylic acids is 1. The Morgan fingerprint density at radius 3 is 2.38 bits per heavy atom. The van der Waals surface area contributed by atoms with Gasteiger partial charge in [0.1, 0.15) is 5.78 Å². The van der Waals surface area contributed by atoms with Gasteiger partial charge in [-0.2, -0.15) is 0 Å². The first-order chi connectivity index (χ1) is 5.93. The van der Waals surface area contributed by atoms with Gasteiger partial charge in [0, 0.05) is 19.0 Å². The lowest BCUT2D eigenvalue weighted by Gasteiger charge is -2.24. The van der Waals surface area contributed by atoms with E-state index in [0.717, 1.165) is 13.0 Å². The minimum atomic E-state index is -0.257. The van der Waals surface area contributed by atoms with Gasteiger partial charge in [0.25, 0.3) is 0 Å². The molecule has 0 heterocycles. The van der Waals surface area contributed by atoms with Crippen LogP contribution in [0.15, 0.2) is 0 Å². The first kappa shape index (κ1) is 12.6. The van der Waals surface area contributed by atoms with Crippen LogP contribution in [0.3, 0.4) is 0 Å². The third-order valence-corrected chi connectivity index (χ3v) is 2.23. The molecule has 0 aromatic heterocycles. The molecule has 0 fully saturated rings. The van der Waals surface area contributed by atoms with Crippen LogP contribution in [0.2, 0.25) is 0 Å². The van der Waals surface area contributed by atoms with Crippen LogP contribution in [0, 0.1) is 0 Å². The number of hydrogen-bond acceptors (Lipinski definition) is 3. The van der Waals surface area contributed by atoms with Crippen LogP contribution < -0.4 is 0 Å². The Balaban J connectivity index is 3.68. The molecule has 2 unspecified atom stereocenters. The second kappa shape index (κ2) is 6.11. The Kier molecular flexibility index (Phi) is 5.91. The summed E-state index contributed by atoms with van der Waals surface area (Å²) in [7, 11) is 1.98. The second-order valence-corrected chi connectivity index (χ2v) is 3.87. The van der Waals surface area contributed by atoms with E-state index in [9.17, 15) is 4.79 Å². The van der Waals surface area contributed by atoms with Crippen LogP contribution in [0.25, 0.3) is 0 Å². The SMILES string of the molecule is CC(=O)CC(C)N(C)CCC(C)O. The van der Waals surface area contributed by atoms with Crippen molar-refractivity contribution in [1.29, 1.82) is 0 Å². The Morgan fingerprint density at radius 2 is 2.00 bits per heavy atom. The molecule has 0 radical (unpaired) electrons. The molecule has 0 spiro atoms. The van der Waals surface area contributed by atoms with Gasteiger partial charge in [0.15, 0.2) is 0 Å². The monoisotopic (exact) mass is 187 g/mol. The van der Waals surface area contributed by atoms with Crippen LogP contribution in [-0.4, -0.2) is 41.5 Å². The molecule has 0 amide bonds. The van der Waals surface area contributed by atoms with E-state index < -0.39 is 0 Å². The lowest BCUT2D eigenvalue weighted by atomic mass is 10.1. The molecule has 1 N–H and O–H groups in total. The van der Waals surface area contributed by atoms with Crippen LogP contribution in [0.4, 0.5) is 0 Å². The van der Waals surface area contributed by atoms with Crippen molar-refractivity contribution in [1.82, 2.24) is 4.90 Å². The fourth-order valence-electron chi connectivity index (χ4n) is 1.18. The zero-order chi connectivity index (χ0) is 10.4. The largest absolute Gasteiger partial charge is 0.393 e. The van der Waals surface area contributed by atoms with Crippen LogP contribution >= 0.6 is 0 Å². The van der Waals surface area contributed by atoms with Gasteiger partial charge in [0.2, 0.25) is 0 Å². The van der Waals surface area contributed by atoms with Crippen LogP contribution in [0.5, 0.6) is 0 Å². The number of hydrogen-bond donors (Lipinski definition) is 1. The molecule has 0 bridgehead atoms. The number of aliphatic hydroxyl groups is 1. The van der Waals surface area contributed by atoms with Gasteiger partial charge in [-0.25, -0.2) is 0 Å². The first-order valence-corrected chi connectivity index (χ1v) is 4.81. The van der Waals surface area contributed by atoms with E-state index in [-0.39, 0.29) is 17.9 Å². The highest BCUT2D eigenvalue weighted by molar-refractivity contribution is 5.76. The smallest absolute Gasteiger partial charge is 0.131 e. The molecule has 0 aliphatic carbocycles. The fraction of sp³-hybridized carbons (Fsp3) is 0.900. The van der Waals surface area contributed by atoms with Crippen molar-refractivity contribution >= 4 is 5.78 Å². The predicted molar refractivity (Wildman–Crippen MR) is 53.7 cm³/mol. The molecule has 0 saturated heterocycles. The third kappa shape index (κ3) is 6.72. The molecule has 0 aliphatic heterocycles. The van der Waals surface area contributed by atoms with Crippen molar-refractivity contribution in [2.45, 2.75) is 45.8 Å². The Morgan fingerprint density at radius 1 is 1.46 bits per heavy atom. The molecule has 0 aromatic carbocycles. The summed E-state index contributed by atoms with van der Waals surface area (Å²) in [6.45, 7) is 6.26. The Labute approximate surface area is 80.7 Å². The van der Waals surface area contributed by atoms with Crippen molar-refractivity contribution in [2.24, 2.45) is 0 Å². The Bertz CT molecular complexity index is 157. The van der Waals surface area contributed by atoms with E-state index in [4.69, 9.17) is 5.11 Å². The van der Waals surface area contributed by atoms with Crippen molar-refractivity contribution in [3.63, 3.8) is 0 Å². The van der Waals surface area contributed by atoms with Crippen LogP contribution in [-0.2, 0) is 4.79 Å². The standard InChI is InChI=1S/C10H21NO2/c1-8(7-10(3)13)11(4)6-5-9(2)12/h8-9,12H,5-7H2,1-4H3. The van der Waals surface area contributed by atoms with E-state index in [1.807, 2.05) is 14.0 Å². The number of rotatable bonds is 6. The number of Topliss-reactive ketones (excluding diaryl/α,β-unsaturated/α-hetero) is 1. The number of ketones is 1. The molecule has 0 rings (SSSR count). The van der Waals surface area contributed by atoms with E-state index in [1.54, 1.807) is 13.8 Å². The fourth-order valence-corrected chi connectivity index (χ4v) is 1.18. The molecule has 2 atom stereocenters. The number of aliphatic hydroxyl groups excluding tert-OH is 1. The van der Waals surface area contributed by atoms with E-state index in [0.29, 0.717) is 6.42 Å². The van der Waals surface area contributed by atoms with Crippen LogP contribution in [0.1, 0.15) is 33.6 Å². The van der Waals surface area contributed by atoms with Crippen molar-refractivity contribution in [3.05, 3.63) is 0 Å². The lowest BCUT2D eigenvalue weighted by Crippen LogP contribution is -2.32. The summed E-state index contributed by atoms with van der Waals surface area (Å²) >= 11 is 0. The molecule has 0 aliphatic rings. The average Bonchev–Trinajstić information content (AvgIpc) is 1.98. The maximum Gasteiger partial charge on any atom is 0.131 e. The molecule has 0 aromatic rings. The zero-order valence-corrected chi connectivity index (χ0v) is 9.08. The first-order valence-electron chi connectivity index (χ1n) is 4.81. The van der Waals surface area contributed by atoms with Gasteiger partial charge in [-0.1, -0.05) is 0 Å². The molecule has 3 nitrogen and oxygen atoms in total. The van der Waals surface area contributed by atoms with Crippen molar-refractivity contribution in [2.75, 3.05) is 13.6 Å². The minimum absolute atomic E-state index is 0.219. The van der Waals surface area contributed by atoms with Gasteiger partial charge < -0.3 is 10.0 Å². The highest BCUT2D eigenvalue weighted by atomic mass is 16.3. The van der Waals surface area contributed by atoms with Gasteiger partial charge in [-0.3, -0.25) is 4.79 Å². The van der Waals surface area contributed by atoms with Crippen molar-refractivity contribution in [3.8, 4) is 0 Å².